The van der Waals surface area contributed by atoms with E-state index in [0.29, 0.717) is 17.9 Å². The van der Waals surface area contributed by atoms with Crippen molar-refractivity contribution in [2.45, 2.75) is 17.3 Å². The van der Waals surface area contributed by atoms with E-state index < -0.39 is 0 Å². The lowest BCUT2D eigenvalue weighted by Gasteiger charge is -2.07. The van der Waals surface area contributed by atoms with Crippen LogP contribution in [0.1, 0.15) is 21.7 Å². The molecule has 5 nitrogen and oxygen atoms in total. The Bertz CT molecular complexity index is 1110. The van der Waals surface area contributed by atoms with Gasteiger partial charge in [0.2, 0.25) is 0 Å². The molecule has 0 aliphatic heterocycles. The maximum Gasteiger partial charge on any atom is 0.291 e. The van der Waals surface area contributed by atoms with Gasteiger partial charge in [-0.2, -0.15) is 0 Å². The molecule has 0 atom stereocenters. The van der Waals surface area contributed by atoms with E-state index in [4.69, 9.17) is 9.15 Å². The number of thioether (sulfide) groups is 1. The summed E-state index contributed by atoms with van der Waals surface area (Å²) in [5.74, 6) is 0.839. The molecule has 2 aromatic carbocycles. The smallest absolute Gasteiger partial charge is 0.291 e. The van der Waals surface area contributed by atoms with E-state index in [1.807, 2.05) is 60.8 Å². The second kappa shape index (κ2) is 8.94. The molecule has 4 rings (SSSR count). The number of fused-ring (bicyclic) bond motifs is 1. The van der Waals surface area contributed by atoms with Gasteiger partial charge < -0.3 is 14.5 Å². The molecule has 0 saturated carbocycles. The summed E-state index contributed by atoms with van der Waals surface area (Å²) < 4.78 is 11.1. The van der Waals surface area contributed by atoms with E-state index in [1.165, 1.54) is 5.56 Å². The lowest BCUT2D eigenvalue weighted by molar-refractivity contribution is 0.0992. The average Bonchev–Trinajstić information content (AvgIpc) is 3.13. The quantitative estimate of drug-likeness (QED) is 0.411. The molecule has 0 bridgehead atoms. The number of carbonyl (C=O) groups is 1. The zero-order valence-electron chi connectivity index (χ0n) is 15.9. The van der Waals surface area contributed by atoms with Crippen molar-refractivity contribution in [3.8, 4) is 0 Å². The van der Waals surface area contributed by atoms with Crippen molar-refractivity contribution in [2.24, 2.45) is 0 Å². The number of nitrogens with one attached hydrogen (secondary N) is 1. The fourth-order valence-electron chi connectivity index (χ4n) is 3.04. The van der Waals surface area contributed by atoms with Crippen molar-refractivity contribution < 1.29 is 13.9 Å². The molecule has 1 N–H and O–H groups in total. The molecule has 0 unspecified atom stereocenters. The van der Waals surface area contributed by atoms with E-state index in [-0.39, 0.29) is 11.7 Å². The number of pyridine rings is 1. The molecule has 0 saturated heterocycles. The van der Waals surface area contributed by atoms with Gasteiger partial charge in [-0.05, 0) is 42.0 Å². The summed E-state index contributed by atoms with van der Waals surface area (Å²) in [6.45, 7) is 0.309. The lowest BCUT2D eigenvalue weighted by atomic mass is 10.1. The minimum Gasteiger partial charge on any atom is -0.451 e. The van der Waals surface area contributed by atoms with Crippen LogP contribution < -0.4 is 5.32 Å². The minimum absolute atomic E-state index is 0.281. The van der Waals surface area contributed by atoms with Gasteiger partial charge in [-0.3, -0.25) is 9.78 Å². The minimum atomic E-state index is -0.288. The number of anilines is 1. The van der Waals surface area contributed by atoms with Crippen molar-refractivity contribution in [3.63, 3.8) is 0 Å². The maximum atomic E-state index is 12.8. The summed E-state index contributed by atoms with van der Waals surface area (Å²) in [6.07, 6.45) is 3.64. The van der Waals surface area contributed by atoms with Crippen LogP contribution >= 0.6 is 11.8 Å². The van der Waals surface area contributed by atoms with E-state index in [0.717, 1.165) is 21.6 Å². The topological polar surface area (TPSA) is 64.4 Å². The summed E-state index contributed by atoms with van der Waals surface area (Å²) >= 11 is 1.72. The number of hydrogen-bond acceptors (Lipinski definition) is 5. The third kappa shape index (κ3) is 4.50. The van der Waals surface area contributed by atoms with Gasteiger partial charge in [-0.1, -0.05) is 24.3 Å². The fraction of sp³-hybridized carbons (Fsp3) is 0.130. The van der Waals surface area contributed by atoms with Gasteiger partial charge in [0.1, 0.15) is 5.58 Å². The van der Waals surface area contributed by atoms with Crippen LogP contribution in [0.15, 0.2) is 82.4 Å². The van der Waals surface area contributed by atoms with Crippen LogP contribution in [-0.4, -0.2) is 18.0 Å². The number of furan rings is 1. The first-order valence-corrected chi connectivity index (χ1v) is 10.2. The number of nitrogens with zero attached hydrogens (tertiary/aromatic N) is 1. The molecule has 4 aromatic rings. The molecular weight excluding hydrogens is 384 g/mol. The zero-order chi connectivity index (χ0) is 20.1. The van der Waals surface area contributed by atoms with Gasteiger partial charge in [0, 0.05) is 46.8 Å². The maximum absolute atomic E-state index is 12.8. The van der Waals surface area contributed by atoms with Crippen molar-refractivity contribution in [2.75, 3.05) is 12.4 Å². The molecule has 29 heavy (non-hydrogen) atoms. The van der Waals surface area contributed by atoms with E-state index in [9.17, 15) is 4.79 Å². The van der Waals surface area contributed by atoms with Crippen molar-refractivity contribution in [1.82, 2.24) is 4.98 Å². The molecule has 0 radical (unpaired) electrons. The molecule has 0 spiro atoms. The van der Waals surface area contributed by atoms with Crippen molar-refractivity contribution >= 4 is 34.3 Å². The number of methoxy groups -OCH3 is 1. The van der Waals surface area contributed by atoms with Crippen LogP contribution in [0, 0.1) is 0 Å². The third-order valence-electron chi connectivity index (χ3n) is 4.43. The highest BCUT2D eigenvalue weighted by atomic mass is 32.2. The Morgan fingerprint density at radius 1 is 1.10 bits per heavy atom. The second-order valence-electron chi connectivity index (χ2n) is 6.47. The zero-order valence-corrected chi connectivity index (χ0v) is 16.7. The van der Waals surface area contributed by atoms with Crippen LogP contribution in [0.5, 0.6) is 0 Å². The fourth-order valence-corrected chi connectivity index (χ4v) is 3.88. The Balaban J connectivity index is 1.46. The summed E-state index contributed by atoms with van der Waals surface area (Å²) in [7, 11) is 1.60. The van der Waals surface area contributed by atoms with Gasteiger partial charge in [0.15, 0.2) is 5.76 Å². The number of ether oxygens (including phenoxy) is 1. The van der Waals surface area contributed by atoms with Crippen molar-refractivity contribution in [1.29, 1.82) is 0 Å². The molecule has 2 aromatic heterocycles. The van der Waals surface area contributed by atoms with Gasteiger partial charge in [0.05, 0.1) is 6.61 Å². The predicted octanol–water partition coefficient (Wildman–Crippen LogP) is 5.52. The van der Waals surface area contributed by atoms with Crippen molar-refractivity contribution in [3.05, 3.63) is 89.9 Å². The van der Waals surface area contributed by atoms with Crippen LogP contribution in [0.25, 0.3) is 11.0 Å². The normalized spacial score (nSPS) is 10.9. The number of rotatable bonds is 7. The van der Waals surface area contributed by atoms with E-state index >= 15 is 0 Å². The van der Waals surface area contributed by atoms with Gasteiger partial charge in [-0.15, -0.1) is 11.8 Å². The number of hydrogen-bond donors (Lipinski definition) is 1. The van der Waals surface area contributed by atoms with E-state index in [1.54, 1.807) is 25.1 Å². The van der Waals surface area contributed by atoms with Crippen LogP contribution in [-0.2, 0) is 17.1 Å². The number of para-hydroxylation sites is 1. The summed E-state index contributed by atoms with van der Waals surface area (Å²) in [5.41, 5.74) is 3.31. The Kier molecular flexibility index (Phi) is 5.93. The van der Waals surface area contributed by atoms with Crippen LogP contribution in [0.3, 0.4) is 0 Å². The molecule has 1 amide bonds. The average molecular weight is 404 g/mol. The Morgan fingerprint density at radius 2 is 1.93 bits per heavy atom. The Hall–Kier alpha value is -3.09. The molecule has 0 aliphatic carbocycles. The Labute approximate surface area is 173 Å². The molecule has 0 aliphatic rings. The molecule has 2 heterocycles. The largest absolute Gasteiger partial charge is 0.451 e. The van der Waals surface area contributed by atoms with Crippen LogP contribution in [0.4, 0.5) is 5.69 Å². The standard InChI is InChI=1S/C23H20N2O3S/c1-27-14-20-19-6-2-3-7-21(19)28-22(20)23(26)25-17-8-10-18(11-9-17)29-15-16-5-4-12-24-13-16/h2-13H,14-15H2,1H3,(H,25,26). The molecule has 6 heteroatoms. The highest BCUT2D eigenvalue weighted by Crippen LogP contribution is 2.28. The van der Waals surface area contributed by atoms with E-state index in [2.05, 4.69) is 16.4 Å². The number of benzene rings is 2. The number of amides is 1. The highest BCUT2D eigenvalue weighted by Gasteiger charge is 2.20. The van der Waals surface area contributed by atoms with Crippen LogP contribution in [0.2, 0.25) is 0 Å². The second-order valence-corrected chi connectivity index (χ2v) is 7.52. The molecule has 0 fully saturated rings. The number of aromatic nitrogens is 1. The first kappa shape index (κ1) is 19.2. The SMILES string of the molecule is COCc1c(C(=O)Nc2ccc(SCc3cccnc3)cc2)oc2ccccc12. The molecule has 146 valence electrons. The third-order valence-corrected chi connectivity index (χ3v) is 5.52. The molecular formula is C23H20N2O3S. The summed E-state index contributed by atoms with van der Waals surface area (Å²) in [5, 5.41) is 3.80. The number of carbonyl (C=O) groups excluding carboxylic acids is 1. The van der Waals surface area contributed by atoms with Gasteiger partial charge in [-0.25, -0.2) is 0 Å². The highest BCUT2D eigenvalue weighted by molar-refractivity contribution is 7.98. The van der Waals surface area contributed by atoms with Gasteiger partial charge >= 0.3 is 0 Å². The Morgan fingerprint density at radius 3 is 2.69 bits per heavy atom. The first-order valence-electron chi connectivity index (χ1n) is 9.17. The summed E-state index contributed by atoms with van der Waals surface area (Å²) in [6, 6.07) is 19.3. The predicted molar refractivity (Wildman–Crippen MR) is 115 cm³/mol. The summed E-state index contributed by atoms with van der Waals surface area (Å²) in [4.78, 5) is 18.1. The monoisotopic (exact) mass is 404 g/mol. The van der Waals surface area contributed by atoms with Gasteiger partial charge in [0.25, 0.3) is 5.91 Å². The lowest BCUT2D eigenvalue weighted by Crippen LogP contribution is -2.13. The first-order chi connectivity index (χ1) is 14.2.